The number of para-hydroxylation sites is 2. The molecule has 2 rings (SSSR count). The van der Waals surface area contributed by atoms with Gasteiger partial charge in [-0.15, -0.1) is 0 Å². The van der Waals surface area contributed by atoms with Gasteiger partial charge in [-0.05, 0) is 31.9 Å². The van der Waals surface area contributed by atoms with Crippen molar-refractivity contribution >= 4 is 11.6 Å². The molecule has 20 heavy (non-hydrogen) atoms. The lowest BCUT2D eigenvalue weighted by atomic mass is 10.1. The fraction of sp³-hybridized carbons (Fsp3) is 0.562. The van der Waals surface area contributed by atoms with Gasteiger partial charge in [0.05, 0.1) is 12.2 Å². The van der Waals surface area contributed by atoms with Crippen molar-refractivity contribution in [3.63, 3.8) is 0 Å². The standard InChI is InChI=1S/C16H24N2O2/c1-11(2)10-18(12(3)4)16(19)15-9-17-13-7-5-6-8-14(13)20-15/h5-8,11-12,15,17H,9-10H2,1-4H3. The molecule has 0 saturated heterocycles. The predicted octanol–water partition coefficient (Wildman–Crippen LogP) is 2.75. The molecule has 1 aliphatic rings. The minimum Gasteiger partial charge on any atom is -0.477 e. The molecule has 0 aromatic heterocycles. The third-order valence-corrected chi connectivity index (χ3v) is 3.38. The Hall–Kier alpha value is -1.71. The van der Waals surface area contributed by atoms with Crippen LogP contribution < -0.4 is 10.1 Å². The fourth-order valence-electron chi connectivity index (χ4n) is 2.38. The highest BCUT2D eigenvalue weighted by Gasteiger charge is 2.31. The number of ether oxygens (including phenoxy) is 1. The second-order valence-corrected chi connectivity index (χ2v) is 5.96. The molecule has 1 aliphatic heterocycles. The quantitative estimate of drug-likeness (QED) is 0.919. The van der Waals surface area contributed by atoms with E-state index >= 15 is 0 Å². The Balaban J connectivity index is 2.10. The normalized spacial score (nSPS) is 17.4. The average Bonchev–Trinajstić information content (AvgIpc) is 2.43. The van der Waals surface area contributed by atoms with E-state index in [1.54, 1.807) is 0 Å². The second-order valence-electron chi connectivity index (χ2n) is 5.96. The van der Waals surface area contributed by atoms with Crippen LogP contribution in [0.4, 0.5) is 5.69 Å². The summed E-state index contributed by atoms with van der Waals surface area (Å²) >= 11 is 0. The van der Waals surface area contributed by atoms with Crippen molar-refractivity contribution in [2.24, 2.45) is 5.92 Å². The van der Waals surface area contributed by atoms with Crippen molar-refractivity contribution < 1.29 is 9.53 Å². The summed E-state index contributed by atoms with van der Waals surface area (Å²) in [7, 11) is 0. The Labute approximate surface area is 121 Å². The molecule has 1 unspecified atom stereocenters. The molecule has 0 spiro atoms. The number of carbonyl (C=O) groups excluding carboxylic acids is 1. The number of nitrogens with zero attached hydrogens (tertiary/aromatic N) is 1. The van der Waals surface area contributed by atoms with E-state index in [1.165, 1.54) is 0 Å². The summed E-state index contributed by atoms with van der Waals surface area (Å²) in [5, 5.41) is 3.27. The van der Waals surface area contributed by atoms with Crippen LogP contribution in [0.2, 0.25) is 0 Å². The van der Waals surface area contributed by atoms with Gasteiger partial charge < -0.3 is 15.0 Å². The fourth-order valence-corrected chi connectivity index (χ4v) is 2.38. The molecule has 1 N–H and O–H groups in total. The maximum Gasteiger partial charge on any atom is 0.265 e. The third kappa shape index (κ3) is 3.24. The zero-order valence-corrected chi connectivity index (χ0v) is 12.7. The second kappa shape index (κ2) is 6.16. The number of benzene rings is 1. The zero-order valence-electron chi connectivity index (χ0n) is 12.7. The summed E-state index contributed by atoms with van der Waals surface area (Å²) in [5.41, 5.74) is 0.955. The van der Waals surface area contributed by atoms with Crippen LogP contribution in [0.1, 0.15) is 27.7 Å². The first-order valence-corrected chi connectivity index (χ1v) is 7.29. The van der Waals surface area contributed by atoms with Crippen LogP contribution in [0.5, 0.6) is 5.75 Å². The van der Waals surface area contributed by atoms with Crippen molar-refractivity contribution in [2.45, 2.75) is 39.8 Å². The lowest BCUT2D eigenvalue weighted by molar-refractivity contribution is -0.140. The Bertz CT molecular complexity index is 471. The summed E-state index contributed by atoms with van der Waals surface area (Å²) in [6.45, 7) is 9.63. The third-order valence-electron chi connectivity index (χ3n) is 3.38. The highest BCUT2D eigenvalue weighted by Crippen LogP contribution is 2.28. The largest absolute Gasteiger partial charge is 0.477 e. The van der Waals surface area contributed by atoms with Crippen molar-refractivity contribution in [3.8, 4) is 5.75 Å². The molecule has 4 heteroatoms. The van der Waals surface area contributed by atoms with Gasteiger partial charge in [0.2, 0.25) is 0 Å². The summed E-state index contributed by atoms with van der Waals surface area (Å²) in [4.78, 5) is 14.6. The molecule has 4 nitrogen and oxygen atoms in total. The van der Waals surface area contributed by atoms with E-state index in [4.69, 9.17) is 4.74 Å². The first-order valence-electron chi connectivity index (χ1n) is 7.29. The Morgan fingerprint density at radius 2 is 2.05 bits per heavy atom. The molecule has 0 saturated carbocycles. The summed E-state index contributed by atoms with van der Waals surface area (Å²) in [5.74, 6) is 1.27. The van der Waals surface area contributed by atoms with E-state index in [0.29, 0.717) is 12.5 Å². The topological polar surface area (TPSA) is 41.6 Å². The van der Waals surface area contributed by atoms with Gasteiger partial charge in [-0.1, -0.05) is 26.0 Å². The van der Waals surface area contributed by atoms with Crippen molar-refractivity contribution in [1.29, 1.82) is 0 Å². The molecule has 0 bridgehead atoms. The van der Waals surface area contributed by atoms with Crippen LogP contribution >= 0.6 is 0 Å². The van der Waals surface area contributed by atoms with E-state index < -0.39 is 6.10 Å². The Morgan fingerprint density at radius 1 is 1.35 bits per heavy atom. The molecule has 110 valence electrons. The van der Waals surface area contributed by atoms with Gasteiger partial charge in [0.1, 0.15) is 5.75 Å². The van der Waals surface area contributed by atoms with Gasteiger partial charge in [0.25, 0.3) is 5.91 Å². The first-order chi connectivity index (χ1) is 9.49. The maximum atomic E-state index is 12.6. The van der Waals surface area contributed by atoms with Crippen molar-refractivity contribution in [2.75, 3.05) is 18.4 Å². The molecule has 0 radical (unpaired) electrons. The zero-order chi connectivity index (χ0) is 14.7. The molecule has 1 aromatic carbocycles. The predicted molar refractivity (Wildman–Crippen MR) is 81.0 cm³/mol. The Morgan fingerprint density at radius 3 is 2.70 bits per heavy atom. The summed E-state index contributed by atoms with van der Waals surface area (Å²) in [6, 6.07) is 7.91. The average molecular weight is 276 g/mol. The van der Waals surface area contributed by atoms with Gasteiger partial charge >= 0.3 is 0 Å². The van der Waals surface area contributed by atoms with Crippen molar-refractivity contribution in [3.05, 3.63) is 24.3 Å². The van der Waals surface area contributed by atoms with E-state index in [1.807, 2.05) is 43.0 Å². The monoisotopic (exact) mass is 276 g/mol. The minimum atomic E-state index is -0.439. The Kier molecular flexibility index (Phi) is 4.53. The van der Waals surface area contributed by atoms with Crippen LogP contribution in [0.15, 0.2) is 24.3 Å². The van der Waals surface area contributed by atoms with Gasteiger partial charge in [0.15, 0.2) is 6.10 Å². The highest BCUT2D eigenvalue weighted by molar-refractivity contribution is 5.83. The maximum absolute atomic E-state index is 12.6. The molecule has 1 atom stereocenters. The van der Waals surface area contributed by atoms with Gasteiger partial charge in [-0.2, -0.15) is 0 Å². The van der Waals surface area contributed by atoms with E-state index in [2.05, 4.69) is 19.2 Å². The molecule has 1 aromatic rings. The van der Waals surface area contributed by atoms with Crippen molar-refractivity contribution in [1.82, 2.24) is 4.90 Å². The number of carbonyl (C=O) groups is 1. The first kappa shape index (κ1) is 14.7. The number of anilines is 1. The molecule has 0 aliphatic carbocycles. The molecule has 1 heterocycles. The van der Waals surface area contributed by atoms with E-state index in [9.17, 15) is 4.79 Å². The lowest BCUT2D eigenvalue weighted by Gasteiger charge is -2.34. The van der Waals surface area contributed by atoms with Gasteiger partial charge in [0, 0.05) is 12.6 Å². The molecule has 0 fully saturated rings. The highest BCUT2D eigenvalue weighted by atomic mass is 16.5. The summed E-state index contributed by atoms with van der Waals surface area (Å²) in [6.07, 6.45) is -0.439. The number of nitrogens with one attached hydrogen (secondary N) is 1. The van der Waals surface area contributed by atoms with Gasteiger partial charge in [-0.3, -0.25) is 4.79 Å². The number of hydrogen-bond acceptors (Lipinski definition) is 3. The van der Waals surface area contributed by atoms with Gasteiger partial charge in [-0.25, -0.2) is 0 Å². The molecule has 1 amide bonds. The van der Waals surface area contributed by atoms with E-state index in [-0.39, 0.29) is 11.9 Å². The SMILES string of the molecule is CC(C)CN(C(=O)C1CNc2ccccc2O1)C(C)C. The van der Waals surface area contributed by atoms with Crippen LogP contribution in [0, 0.1) is 5.92 Å². The summed E-state index contributed by atoms with van der Waals surface area (Å²) < 4.78 is 5.85. The van der Waals surface area contributed by atoms with Crippen LogP contribution in [0.3, 0.4) is 0 Å². The van der Waals surface area contributed by atoms with Crippen LogP contribution in [-0.4, -0.2) is 36.0 Å². The smallest absolute Gasteiger partial charge is 0.265 e. The number of fused-ring (bicyclic) bond motifs is 1. The van der Waals surface area contributed by atoms with E-state index in [0.717, 1.165) is 18.0 Å². The molecular weight excluding hydrogens is 252 g/mol. The van der Waals surface area contributed by atoms with Crippen LogP contribution in [0.25, 0.3) is 0 Å². The molecular formula is C16H24N2O2. The minimum absolute atomic E-state index is 0.0655. The number of amides is 1. The number of hydrogen-bond donors (Lipinski definition) is 1. The van der Waals surface area contributed by atoms with Crippen LogP contribution in [-0.2, 0) is 4.79 Å². The number of rotatable bonds is 4. The lowest BCUT2D eigenvalue weighted by Crippen LogP contribution is -2.50.